The van der Waals surface area contributed by atoms with Crippen LogP contribution in [0, 0.1) is 12.8 Å². The van der Waals surface area contributed by atoms with Gasteiger partial charge in [-0.25, -0.2) is 0 Å². The van der Waals surface area contributed by atoms with Crippen molar-refractivity contribution in [3.05, 3.63) is 23.8 Å². The Morgan fingerprint density at radius 2 is 2.26 bits per heavy atom. The molecule has 2 amide bonds. The van der Waals surface area contributed by atoms with Gasteiger partial charge >= 0.3 is 0 Å². The van der Waals surface area contributed by atoms with Crippen LogP contribution in [0.25, 0.3) is 0 Å². The minimum absolute atomic E-state index is 0.0420. The molecule has 1 aromatic carbocycles. The van der Waals surface area contributed by atoms with Crippen molar-refractivity contribution in [3.8, 4) is 0 Å². The Balaban J connectivity index is 2.00. The molecule has 1 saturated heterocycles. The molecule has 102 valence electrons. The average Bonchev–Trinajstić information content (AvgIpc) is 2.63. The van der Waals surface area contributed by atoms with Crippen LogP contribution in [0.2, 0.25) is 0 Å². The van der Waals surface area contributed by atoms with Gasteiger partial charge in [0.05, 0.1) is 17.9 Å². The molecule has 0 bridgehead atoms. The normalized spacial score (nSPS) is 18.7. The number of rotatable bonds is 3. The molecule has 5 nitrogen and oxygen atoms in total. The summed E-state index contributed by atoms with van der Waals surface area (Å²) >= 11 is 0. The van der Waals surface area contributed by atoms with Gasteiger partial charge in [0.2, 0.25) is 11.8 Å². The van der Waals surface area contributed by atoms with E-state index in [0.29, 0.717) is 30.3 Å². The molecule has 1 aromatic rings. The van der Waals surface area contributed by atoms with E-state index in [-0.39, 0.29) is 18.4 Å². The number of anilines is 2. The molecule has 19 heavy (non-hydrogen) atoms. The zero-order chi connectivity index (χ0) is 14.0. The Morgan fingerprint density at radius 3 is 2.84 bits per heavy atom. The van der Waals surface area contributed by atoms with Crippen molar-refractivity contribution in [1.29, 1.82) is 0 Å². The first-order valence-electron chi connectivity index (χ1n) is 6.40. The van der Waals surface area contributed by atoms with Crippen molar-refractivity contribution in [2.45, 2.75) is 20.3 Å². The Kier molecular flexibility index (Phi) is 3.74. The Labute approximate surface area is 112 Å². The van der Waals surface area contributed by atoms with E-state index in [9.17, 15) is 9.59 Å². The van der Waals surface area contributed by atoms with Gasteiger partial charge in [-0.3, -0.25) is 9.59 Å². The average molecular weight is 261 g/mol. The zero-order valence-corrected chi connectivity index (χ0v) is 11.3. The monoisotopic (exact) mass is 261 g/mol. The molecule has 0 aromatic heterocycles. The third-order valence-electron chi connectivity index (χ3n) is 3.31. The van der Waals surface area contributed by atoms with E-state index in [0.717, 1.165) is 5.56 Å². The highest BCUT2D eigenvalue weighted by atomic mass is 16.2. The number of nitrogens with two attached hydrogens (primary N) is 1. The van der Waals surface area contributed by atoms with Crippen LogP contribution in [-0.4, -0.2) is 29.8 Å². The first kappa shape index (κ1) is 13.4. The molecule has 3 N–H and O–H groups in total. The molecule has 0 aliphatic carbocycles. The van der Waals surface area contributed by atoms with E-state index in [2.05, 4.69) is 5.32 Å². The van der Waals surface area contributed by atoms with E-state index in [1.165, 1.54) is 0 Å². The standard InChI is InChI=1S/C14H19N3O2/c1-9-6-13(19)17(7-9)8-12(18)16-14-10(2)4-3-5-11(14)15/h3-5,9H,6-8,15H2,1-2H3,(H,16,18). The van der Waals surface area contributed by atoms with Gasteiger partial charge in [0, 0.05) is 13.0 Å². The highest BCUT2D eigenvalue weighted by molar-refractivity contribution is 5.97. The number of likely N-dealkylation sites (tertiary alicyclic amines) is 1. The highest BCUT2D eigenvalue weighted by Gasteiger charge is 2.27. The summed E-state index contributed by atoms with van der Waals surface area (Å²) in [5.74, 6) is 0.160. The van der Waals surface area contributed by atoms with Crippen molar-refractivity contribution in [1.82, 2.24) is 4.90 Å². The second-order valence-electron chi connectivity index (χ2n) is 5.17. The summed E-state index contributed by atoms with van der Waals surface area (Å²) in [7, 11) is 0. The van der Waals surface area contributed by atoms with Crippen LogP contribution < -0.4 is 11.1 Å². The number of carbonyl (C=O) groups excluding carboxylic acids is 2. The number of benzene rings is 1. The van der Waals surface area contributed by atoms with Gasteiger partial charge in [-0.05, 0) is 24.5 Å². The number of carbonyl (C=O) groups is 2. The van der Waals surface area contributed by atoms with Crippen LogP contribution in [-0.2, 0) is 9.59 Å². The summed E-state index contributed by atoms with van der Waals surface area (Å²) in [4.78, 5) is 25.2. The van der Waals surface area contributed by atoms with Gasteiger partial charge in [0.1, 0.15) is 0 Å². The van der Waals surface area contributed by atoms with Crippen LogP contribution in [0.1, 0.15) is 18.9 Å². The summed E-state index contributed by atoms with van der Waals surface area (Å²) in [6, 6.07) is 5.47. The Bertz CT molecular complexity index is 493. The molecule has 0 spiro atoms. The molecule has 1 aliphatic rings. The molecular weight excluding hydrogens is 242 g/mol. The third-order valence-corrected chi connectivity index (χ3v) is 3.31. The van der Waals surface area contributed by atoms with Crippen molar-refractivity contribution in [2.24, 2.45) is 5.92 Å². The molecule has 1 unspecified atom stereocenters. The molecule has 1 atom stereocenters. The van der Waals surface area contributed by atoms with E-state index >= 15 is 0 Å². The quantitative estimate of drug-likeness (QED) is 0.807. The van der Waals surface area contributed by atoms with Gasteiger partial charge in [-0.15, -0.1) is 0 Å². The first-order valence-corrected chi connectivity index (χ1v) is 6.40. The summed E-state index contributed by atoms with van der Waals surface area (Å²) in [5.41, 5.74) is 7.91. The number of amides is 2. The number of nitrogens with one attached hydrogen (secondary N) is 1. The van der Waals surface area contributed by atoms with Gasteiger partial charge in [0.15, 0.2) is 0 Å². The van der Waals surface area contributed by atoms with Crippen LogP contribution in [0.5, 0.6) is 0 Å². The number of para-hydroxylation sites is 1. The fourth-order valence-corrected chi connectivity index (χ4v) is 2.34. The highest BCUT2D eigenvalue weighted by Crippen LogP contribution is 2.23. The molecule has 5 heteroatoms. The number of nitrogen functional groups attached to an aromatic ring is 1. The maximum absolute atomic E-state index is 12.0. The van der Waals surface area contributed by atoms with Crippen molar-refractivity contribution < 1.29 is 9.59 Å². The smallest absolute Gasteiger partial charge is 0.244 e. The molecule has 1 aliphatic heterocycles. The van der Waals surface area contributed by atoms with Crippen molar-refractivity contribution in [2.75, 3.05) is 24.1 Å². The number of nitrogens with zero attached hydrogens (tertiary/aromatic N) is 1. The molecule has 0 radical (unpaired) electrons. The predicted octanol–water partition coefficient (Wildman–Crippen LogP) is 1.38. The number of hydrogen-bond donors (Lipinski definition) is 2. The number of aryl methyl sites for hydroxylation is 1. The summed E-state index contributed by atoms with van der Waals surface area (Å²) in [5, 5.41) is 2.78. The topological polar surface area (TPSA) is 75.4 Å². The van der Waals surface area contributed by atoms with Gasteiger partial charge in [0.25, 0.3) is 0 Å². The molecule has 2 rings (SSSR count). The largest absolute Gasteiger partial charge is 0.397 e. The van der Waals surface area contributed by atoms with Gasteiger partial charge < -0.3 is 16.0 Å². The summed E-state index contributed by atoms with van der Waals surface area (Å²) in [6.07, 6.45) is 0.528. The van der Waals surface area contributed by atoms with Gasteiger partial charge in [-0.1, -0.05) is 19.1 Å². The summed E-state index contributed by atoms with van der Waals surface area (Å²) < 4.78 is 0. The van der Waals surface area contributed by atoms with Crippen LogP contribution >= 0.6 is 0 Å². The molecular formula is C14H19N3O2. The lowest BCUT2D eigenvalue weighted by Gasteiger charge is -2.17. The lowest BCUT2D eigenvalue weighted by Crippen LogP contribution is -2.34. The fraction of sp³-hybridized carbons (Fsp3) is 0.429. The lowest BCUT2D eigenvalue weighted by atomic mass is 10.1. The molecule has 1 heterocycles. The first-order chi connectivity index (χ1) is 8.97. The van der Waals surface area contributed by atoms with Crippen molar-refractivity contribution >= 4 is 23.2 Å². The minimum Gasteiger partial charge on any atom is -0.397 e. The Hall–Kier alpha value is -2.04. The zero-order valence-electron chi connectivity index (χ0n) is 11.3. The second kappa shape index (κ2) is 5.30. The number of hydrogen-bond acceptors (Lipinski definition) is 3. The van der Waals surface area contributed by atoms with E-state index in [4.69, 9.17) is 5.73 Å². The van der Waals surface area contributed by atoms with Crippen molar-refractivity contribution in [3.63, 3.8) is 0 Å². The molecule has 1 fully saturated rings. The predicted molar refractivity (Wildman–Crippen MR) is 74.6 cm³/mol. The van der Waals surface area contributed by atoms with E-state index in [1.807, 2.05) is 26.0 Å². The maximum atomic E-state index is 12.0. The van der Waals surface area contributed by atoms with Gasteiger partial charge in [-0.2, -0.15) is 0 Å². The van der Waals surface area contributed by atoms with E-state index < -0.39 is 0 Å². The third kappa shape index (κ3) is 3.05. The van der Waals surface area contributed by atoms with Crippen LogP contribution in [0.4, 0.5) is 11.4 Å². The SMILES string of the molecule is Cc1cccc(N)c1NC(=O)CN1CC(C)CC1=O. The van der Waals surface area contributed by atoms with Crippen LogP contribution in [0.3, 0.4) is 0 Å². The minimum atomic E-state index is -0.205. The summed E-state index contributed by atoms with van der Waals surface area (Å²) in [6.45, 7) is 4.64. The van der Waals surface area contributed by atoms with E-state index in [1.54, 1.807) is 11.0 Å². The molecule has 0 saturated carbocycles. The maximum Gasteiger partial charge on any atom is 0.244 e. The lowest BCUT2D eigenvalue weighted by molar-refractivity contribution is -0.131. The van der Waals surface area contributed by atoms with Crippen LogP contribution in [0.15, 0.2) is 18.2 Å². The Morgan fingerprint density at radius 1 is 1.53 bits per heavy atom. The second-order valence-corrected chi connectivity index (χ2v) is 5.17. The fourth-order valence-electron chi connectivity index (χ4n) is 2.34.